The van der Waals surface area contributed by atoms with Gasteiger partial charge in [0.15, 0.2) is 0 Å². The lowest BCUT2D eigenvalue weighted by molar-refractivity contribution is -0.164. The average Bonchev–Trinajstić information content (AvgIpc) is 3.97. The van der Waals surface area contributed by atoms with Crippen molar-refractivity contribution >= 4 is 46.6 Å². The summed E-state index contributed by atoms with van der Waals surface area (Å²) in [7, 11) is 0. The zero-order valence-corrected chi connectivity index (χ0v) is 41.7. The smallest absolute Gasteiger partial charge is 0.251 e. The third-order valence-electron chi connectivity index (χ3n) is 13.0. The van der Waals surface area contributed by atoms with Crippen molar-refractivity contribution in [3.63, 3.8) is 0 Å². The summed E-state index contributed by atoms with van der Waals surface area (Å²) in [6.45, 7) is 18.9. The van der Waals surface area contributed by atoms with E-state index in [4.69, 9.17) is 25.8 Å². The summed E-state index contributed by atoms with van der Waals surface area (Å²) in [6, 6.07) is 20.6. The summed E-state index contributed by atoms with van der Waals surface area (Å²) in [6.07, 6.45) is 3.12. The van der Waals surface area contributed by atoms with Gasteiger partial charge in [-0.05, 0) is 98.9 Å². The monoisotopic (exact) mass is 952 g/mol. The third-order valence-corrected chi connectivity index (χ3v) is 14.3. The van der Waals surface area contributed by atoms with E-state index in [1.165, 1.54) is 0 Å². The predicted molar refractivity (Wildman–Crippen MR) is 261 cm³/mol. The Balaban J connectivity index is 0.884. The van der Waals surface area contributed by atoms with Crippen molar-refractivity contribution < 1.29 is 33.4 Å². The van der Waals surface area contributed by atoms with Gasteiger partial charge in [-0.15, -0.1) is 11.3 Å². The topological polar surface area (TPSA) is 172 Å². The van der Waals surface area contributed by atoms with Gasteiger partial charge >= 0.3 is 0 Å². The molecular formula is C52H65ClN6O7S. The standard InChI is InChI=1S/C52H65ClN6O7S/c1-32(13-10-11-26-64-38-22-19-36(20-23-38)45(61)58-48-51(6,7)49(52(48,8)9)66-39-24-21-37(28-54)40(53)27-39)65-30-42(60)57-44(50(3,4)5)47(63)59-25-12-14-41(59)46(62)55-29-34-15-17-35(18-16-34)43-33(2)56-31-67-43/h15-24,27,31-32,41,44,48-49H,10-14,25-26,29-30H2,1-9H3,(H,55,62)(H,57,60)(H,58,61)/t32-,41-,44+,48?,49?/m0/s1. The Morgan fingerprint density at radius 3 is 2.30 bits per heavy atom. The number of ether oxygens (including phenoxy) is 3. The maximum absolute atomic E-state index is 14.0. The minimum atomic E-state index is -0.840. The number of carbonyl (C=O) groups excluding carboxylic acids is 4. The highest BCUT2D eigenvalue weighted by atomic mass is 35.5. The van der Waals surface area contributed by atoms with Gasteiger partial charge < -0.3 is 35.1 Å². The van der Waals surface area contributed by atoms with E-state index in [-0.39, 0.29) is 59.3 Å². The van der Waals surface area contributed by atoms with E-state index < -0.39 is 17.5 Å². The molecule has 15 heteroatoms. The number of nitrogens with zero attached hydrogens (tertiary/aromatic N) is 3. The molecule has 0 unspecified atom stereocenters. The number of aromatic nitrogens is 1. The molecule has 3 atom stereocenters. The first-order valence-electron chi connectivity index (χ1n) is 23.1. The van der Waals surface area contributed by atoms with Crippen molar-refractivity contribution in [1.29, 1.82) is 5.26 Å². The molecule has 1 aliphatic heterocycles. The van der Waals surface area contributed by atoms with Crippen molar-refractivity contribution in [2.24, 2.45) is 16.2 Å². The van der Waals surface area contributed by atoms with Gasteiger partial charge in [0.25, 0.3) is 5.91 Å². The molecule has 6 rings (SSSR count). The number of benzene rings is 3. The van der Waals surface area contributed by atoms with Crippen LogP contribution in [0.3, 0.4) is 0 Å². The molecule has 2 heterocycles. The summed E-state index contributed by atoms with van der Waals surface area (Å²) in [5.74, 6) is 0.183. The summed E-state index contributed by atoms with van der Waals surface area (Å²) in [4.78, 5) is 61.1. The number of nitriles is 1. The van der Waals surface area contributed by atoms with Crippen LogP contribution in [0.5, 0.6) is 11.5 Å². The van der Waals surface area contributed by atoms with Crippen molar-refractivity contribution in [3.05, 3.63) is 99.6 Å². The molecule has 13 nitrogen and oxygen atoms in total. The van der Waals surface area contributed by atoms with Gasteiger partial charge in [0, 0.05) is 41.6 Å². The number of likely N-dealkylation sites (tertiary alicyclic amines) is 1. The number of thiazole rings is 1. The van der Waals surface area contributed by atoms with Crippen LogP contribution in [0.2, 0.25) is 5.02 Å². The molecule has 3 aromatic carbocycles. The molecule has 1 saturated carbocycles. The number of unbranched alkanes of at least 4 members (excludes halogenated alkanes) is 1. The van der Waals surface area contributed by atoms with Crippen molar-refractivity contribution in [3.8, 4) is 28.0 Å². The molecule has 358 valence electrons. The van der Waals surface area contributed by atoms with Crippen molar-refractivity contribution in [2.75, 3.05) is 19.8 Å². The quantitative estimate of drug-likeness (QED) is 0.0776. The fourth-order valence-corrected chi connectivity index (χ4v) is 10.5. The molecule has 0 radical (unpaired) electrons. The van der Waals surface area contributed by atoms with E-state index in [2.05, 4.69) is 54.7 Å². The van der Waals surface area contributed by atoms with Crippen LogP contribution in [0.15, 0.2) is 72.2 Å². The Labute approximate surface area is 404 Å². The van der Waals surface area contributed by atoms with Gasteiger partial charge in [-0.3, -0.25) is 19.2 Å². The lowest BCUT2D eigenvalue weighted by Crippen LogP contribution is -2.74. The largest absolute Gasteiger partial charge is 0.494 e. The van der Waals surface area contributed by atoms with Crippen LogP contribution in [0.25, 0.3) is 10.4 Å². The van der Waals surface area contributed by atoms with Gasteiger partial charge in [-0.2, -0.15) is 5.26 Å². The fraction of sp³-hybridized carbons (Fsp3) is 0.500. The minimum absolute atomic E-state index is 0.164. The van der Waals surface area contributed by atoms with E-state index >= 15 is 0 Å². The van der Waals surface area contributed by atoms with E-state index in [0.717, 1.165) is 34.5 Å². The number of nitrogens with one attached hydrogen (secondary N) is 3. The second-order valence-corrected chi connectivity index (χ2v) is 21.3. The zero-order valence-electron chi connectivity index (χ0n) is 40.2. The SMILES string of the molecule is Cc1ncsc1-c1ccc(CNC(=O)[C@@H]2CCCN2C(=O)[C@@H](NC(=O)CO[C@@H](C)CCCCOc2ccc(C(=O)NC3C(C)(C)C(Oc4ccc(C#N)c(Cl)c4)C3(C)C)cc2)C(C)(C)C)cc1. The number of carbonyl (C=O) groups is 4. The van der Waals surface area contributed by atoms with E-state index in [1.807, 2.05) is 64.4 Å². The molecule has 1 aromatic heterocycles. The summed E-state index contributed by atoms with van der Waals surface area (Å²) < 4.78 is 18.2. The lowest BCUT2D eigenvalue weighted by atomic mass is 9.49. The highest BCUT2D eigenvalue weighted by molar-refractivity contribution is 7.13. The second kappa shape index (κ2) is 21.6. The normalized spacial score (nSPS) is 19.3. The van der Waals surface area contributed by atoms with Gasteiger partial charge in [0.1, 0.15) is 42.4 Å². The van der Waals surface area contributed by atoms with Crippen LogP contribution in [0, 0.1) is 34.5 Å². The van der Waals surface area contributed by atoms with E-state index in [0.29, 0.717) is 66.6 Å². The predicted octanol–water partition coefficient (Wildman–Crippen LogP) is 9.05. The van der Waals surface area contributed by atoms with Crippen LogP contribution in [-0.2, 0) is 25.7 Å². The number of hydrogen-bond donors (Lipinski definition) is 3. The number of halogens is 1. The maximum Gasteiger partial charge on any atom is 0.251 e. The van der Waals surface area contributed by atoms with Gasteiger partial charge in [-0.1, -0.05) is 84.3 Å². The number of aryl methyl sites for hydroxylation is 1. The fourth-order valence-electron chi connectivity index (χ4n) is 9.52. The molecular weight excluding hydrogens is 888 g/mol. The summed E-state index contributed by atoms with van der Waals surface area (Å²) >= 11 is 7.83. The molecule has 2 fully saturated rings. The number of hydrogen-bond acceptors (Lipinski definition) is 10. The first-order valence-corrected chi connectivity index (χ1v) is 24.3. The highest BCUT2D eigenvalue weighted by Gasteiger charge is 2.64. The molecule has 0 spiro atoms. The molecule has 0 bridgehead atoms. The minimum Gasteiger partial charge on any atom is -0.494 e. The Hall–Kier alpha value is -5.49. The lowest BCUT2D eigenvalue weighted by Gasteiger charge is -2.63. The maximum atomic E-state index is 14.0. The Morgan fingerprint density at radius 1 is 0.985 bits per heavy atom. The van der Waals surface area contributed by atoms with E-state index in [9.17, 15) is 24.4 Å². The molecule has 1 saturated heterocycles. The Kier molecular flexibility index (Phi) is 16.4. The van der Waals surface area contributed by atoms with Crippen LogP contribution in [0.1, 0.15) is 115 Å². The third kappa shape index (κ3) is 12.4. The molecule has 1 aliphatic carbocycles. The summed E-state index contributed by atoms with van der Waals surface area (Å²) in [5, 5.41) is 18.7. The molecule has 67 heavy (non-hydrogen) atoms. The van der Waals surface area contributed by atoms with Crippen molar-refractivity contribution in [2.45, 2.75) is 131 Å². The van der Waals surface area contributed by atoms with Gasteiger partial charge in [0.05, 0.1) is 39.4 Å². The second-order valence-electron chi connectivity index (χ2n) is 20.0. The number of rotatable bonds is 19. The van der Waals surface area contributed by atoms with Gasteiger partial charge in [-0.25, -0.2) is 4.98 Å². The Morgan fingerprint density at radius 2 is 1.67 bits per heavy atom. The molecule has 4 amide bonds. The molecule has 4 aromatic rings. The van der Waals surface area contributed by atoms with Crippen LogP contribution >= 0.6 is 22.9 Å². The van der Waals surface area contributed by atoms with Crippen LogP contribution in [0.4, 0.5) is 0 Å². The van der Waals surface area contributed by atoms with Crippen LogP contribution < -0.4 is 25.4 Å². The van der Waals surface area contributed by atoms with E-state index in [1.54, 1.807) is 58.7 Å². The van der Waals surface area contributed by atoms with Gasteiger partial charge in [0.2, 0.25) is 17.7 Å². The zero-order chi connectivity index (χ0) is 48.7. The summed E-state index contributed by atoms with van der Waals surface area (Å²) in [5.41, 5.74) is 4.39. The molecule has 3 N–H and O–H groups in total. The number of amides is 4. The van der Waals surface area contributed by atoms with Crippen LogP contribution in [-0.4, -0.2) is 83.6 Å². The molecule has 2 aliphatic rings. The average molecular weight is 954 g/mol. The highest BCUT2D eigenvalue weighted by Crippen LogP contribution is 2.55. The van der Waals surface area contributed by atoms with Crippen molar-refractivity contribution in [1.82, 2.24) is 25.8 Å². The Bertz CT molecular complexity index is 2410. The first-order chi connectivity index (χ1) is 31.7. The first kappa shape index (κ1) is 50.9.